The Balaban J connectivity index is 1.13. The van der Waals surface area contributed by atoms with Crippen molar-refractivity contribution < 1.29 is 84.7 Å². The molecule has 0 amide bonds. The topological polar surface area (TPSA) is 470 Å². The smallest absolute Gasteiger partial charge is 0.297 e. The van der Waals surface area contributed by atoms with Crippen molar-refractivity contribution in [3.8, 4) is 23.1 Å². The van der Waals surface area contributed by atoms with Crippen LogP contribution in [0.2, 0.25) is 0 Å². The Bertz CT molecular complexity index is 4470. The molecule has 2 heterocycles. The van der Waals surface area contributed by atoms with Crippen molar-refractivity contribution in [1.29, 1.82) is 0 Å². The molecule has 30 nitrogen and oxygen atoms in total. The summed E-state index contributed by atoms with van der Waals surface area (Å²) in [5.41, 5.74) is -2.51. The van der Waals surface area contributed by atoms with Gasteiger partial charge in [0.25, 0.3) is 56.3 Å². The van der Waals surface area contributed by atoms with Crippen molar-refractivity contribution in [3.63, 3.8) is 0 Å². The van der Waals surface area contributed by atoms with Crippen molar-refractivity contribution in [1.82, 2.24) is 14.8 Å². The van der Waals surface area contributed by atoms with E-state index < -0.39 is 126 Å². The molecule has 0 fully saturated rings. The lowest BCUT2D eigenvalue weighted by atomic mass is 10.1. The normalized spacial score (nSPS) is 13.1. The van der Waals surface area contributed by atoms with Gasteiger partial charge in [-0.3, -0.25) is 32.9 Å². The van der Waals surface area contributed by atoms with E-state index in [4.69, 9.17) is 4.74 Å². The zero-order valence-electron chi connectivity index (χ0n) is 37.6. The summed E-state index contributed by atoms with van der Waals surface area (Å²) in [5.74, 6) is -2.41. The Labute approximate surface area is 429 Å². The summed E-state index contributed by atoms with van der Waals surface area (Å²) in [5, 5.41) is 60.0. The number of hydrogen-bond acceptors (Lipinski definition) is 24. The molecule has 36 heteroatoms. The highest BCUT2D eigenvalue weighted by Gasteiger charge is 2.28. The molecular formula is C40H30N10O20S6. The van der Waals surface area contributed by atoms with Crippen molar-refractivity contribution >= 4 is 133 Å². The van der Waals surface area contributed by atoms with Crippen molar-refractivity contribution in [2.75, 3.05) is 12.4 Å². The van der Waals surface area contributed by atoms with E-state index in [1.807, 2.05) is 0 Å². The van der Waals surface area contributed by atoms with Gasteiger partial charge in [-0.1, -0.05) is 23.5 Å². The lowest BCUT2D eigenvalue weighted by Crippen LogP contribution is -2.08. The Morgan fingerprint density at radius 1 is 0.645 bits per heavy atom. The molecule has 0 saturated heterocycles. The molecule has 0 aliphatic heterocycles. The number of aromatic hydroxyl groups is 2. The van der Waals surface area contributed by atoms with Gasteiger partial charge in [0.2, 0.25) is 11.0 Å². The van der Waals surface area contributed by atoms with Gasteiger partial charge < -0.3 is 14.9 Å². The van der Waals surface area contributed by atoms with Crippen LogP contribution >= 0.6 is 11.3 Å². The minimum absolute atomic E-state index is 0.00222. The summed E-state index contributed by atoms with van der Waals surface area (Å²) in [6.07, 6.45) is 0.611. The van der Waals surface area contributed by atoms with E-state index in [-0.39, 0.29) is 57.3 Å². The third-order valence-electron chi connectivity index (χ3n) is 10.5. The Hall–Kier alpha value is -7.91. The first kappa shape index (κ1) is 54.4. The number of phenolic OH excluding ortho intramolecular Hbond substituents is 1. The Kier molecular flexibility index (Phi) is 14.3. The summed E-state index contributed by atoms with van der Waals surface area (Å²) in [6, 6.07) is 13.7. The maximum absolute atomic E-state index is 12.9. The number of non-ortho nitro benzene ring substituents is 1. The van der Waals surface area contributed by atoms with E-state index in [2.05, 4.69) is 40.8 Å². The van der Waals surface area contributed by atoms with Crippen LogP contribution in [0.1, 0.15) is 12.0 Å². The van der Waals surface area contributed by atoms with Crippen LogP contribution < -0.4 is 4.74 Å². The third kappa shape index (κ3) is 11.5. The molecule has 7 N–H and O–H groups in total. The zero-order valence-corrected chi connectivity index (χ0v) is 42.5. The van der Waals surface area contributed by atoms with Crippen molar-refractivity contribution in [2.45, 2.75) is 32.9 Å². The van der Waals surface area contributed by atoms with Crippen molar-refractivity contribution in [3.05, 3.63) is 101 Å². The van der Waals surface area contributed by atoms with Crippen LogP contribution in [0.15, 0.2) is 135 Å². The molecule has 0 bridgehead atoms. The number of nitro groups is 1. The summed E-state index contributed by atoms with van der Waals surface area (Å²) in [7, 11) is -24.9. The molecule has 396 valence electrons. The van der Waals surface area contributed by atoms with Gasteiger partial charge in [-0.05, 0) is 67.4 Å². The fourth-order valence-corrected chi connectivity index (χ4v) is 11.5. The number of aromatic nitrogens is 3. The summed E-state index contributed by atoms with van der Waals surface area (Å²) >= 11 is 0.957. The predicted octanol–water partition coefficient (Wildman–Crippen LogP) is 8.31. The van der Waals surface area contributed by atoms with Gasteiger partial charge in [-0.15, -0.1) is 30.7 Å². The van der Waals surface area contributed by atoms with Crippen LogP contribution in [0.25, 0.3) is 37.4 Å². The van der Waals surface area contributed by atoms with E-state index in [1.165, 1.54) is 18.2 Å². The number of ether oxygens (including phenoxy) is 1. The molecule has 8 rings (SSSR count). The Morgan fingerprint density at radius 3 is 1.91 bits per heavy atom. The number of fused-ring (bicyclic) bond motifs is 3. The molecule has 0 aliphatic rings. The lowest BCUT2D eigenvalue weighted by Gasteiger charge is -2.12. The van der Waals surface area contributed by atoms with E-state index in [0.29, 0.717) is 33.1 Å². The van der Waals surface area contributed by atoms with Gasteiger partial charge in [0.15, 0.2) is 11.4 Å². The minimum Gasteiger partial charge on any atom is -0.505 e. The molecule has 8 aromatic rings. The molecule has 0 unspecified atom stereocenters. The standard InChI is InChI=1S/C40H30N10O20S6/c1-19-12-29(31(70-10-3-11-72(55,56)57)17-28(19)45-48-40-42-36-32(71-40)4-2-5-33(36)73(58,59)60)46-43-26-8-7-23-22(37(26)51)6-9-27(38(23)76(67,68)69)44-47-30-18-41-49(39(30)52)20-13-24-25(34(15-20)74(61,62)63)14-21(50(53)54)16-35(24)75(64,65)66/h2,4-9,12-18,51-52H,3,10-11H2,1H3,(H,55,56,57)(H,58,59,60)(H,61,62,63)(H,64,65,66)(H,67,68,69). The molecule has 0 radical (unpaired) electrons. The number of nitro benzene ring substituents is 1. The lowest BCUT2D eigenvalue weighted by molar-refractivity contribution is -0.384. The van der Waals surface area contributed by atoms with Gasteiger partial charge in [-0.2, -0.15) is 51.9 Å². The number of rotatable bonds is 17. The quantitative estimate of drug-likeness (QED) is 0.0148. The number of phenols is 1. The average molecular weight is 1160 g/mol. The fourth-order valence-electron chi connectivity index (χ4n) is 7.25. The van der Waals surface area contributed by atoms with Gasteiger partial charge >= 0.3 is 0 Å². The number of hydrogen-bond donors (Lipinski definition) is 7. The molecule has 0 aliphatic carbocycles. The highest BCUT2D eigenvalue weighted by atomic mass is 32.2. The van der Waals surface area contributed by atoms with Crippen LogP contribution in [0, 0.1) is 17.0 Å². The minimum atomic E-state index is -5.33. The summed E-state index contributed by atoms with van der Waals surface area (Å²) in [6.45, 7) is 1.28. The van der Waals surface area contributed by atoms with Crippen molar-refractivity contribution in [2.24, 2.45) is 30.7 Å². The first-order valence-electron chi connectivity index (χ1n) is 20.5. The van der Waals surface area contributed by atoms with Crippen LogP contribution in [0.4, 0.5) is 39.3 Å². The van der Waals surface area contributed by atoms with Gasteiger partial charge in [0.1, 0.15) is 47.9 Å². The van der Waals surface area contributed by atoms with E-state index >= 15 is 0 Å². The first-order chi connectivity index (χ1) is 35.4. The number of azo groups is 3. The maximum Gasteiger partial charge on any atom is 0.297 e. The highest BCUT2D eigenvalue weighted by Crippen LogP contribution is 2.44. The first-order valence-corrected chi connectivity index (χ1v) is 28.7. The van der Waals surface area contributed by atoms with Crippen LogP contribution in [-0.2, 0) is 50.6 Å². The molecule has 0 atom stereocenters. The number of aryl methyl sites for hydroxylation is 1. The second-order valence-corrected chi connectivity index (χ2v) is 23.8. The zero-order chi connectivity index (χ0) is 55.4. The van der Waals surface area contributed by atoms with Gasteiger partial charge in [-0.25, -0.2) is 4.98 Å². The van der Waals surface area contributed by atoms with Crippen LogP contribution in [0.5, 0.6) is 17.4 Å². The second kappa shape index (κ2) is 20.0. The third-order valence-corrected chi connectivity index (χ3v) is 15.9. The number of benzene rings is 6. The summed E-state index contributed by atoms with van der Waals surface area (Å²) < 4.78 is 178. The molecule has 6 aromatic carbocycles. The molecule has 0 spiro atoms. The number of para-hydroxylation sites is 1. The highest BCUT2D eigenvalue weighted by molar-refractivity contribution is 7.87. The molecule has 2 aromatic heterocycles. The number of nitrogens with zero attached hydrogens (tertiary/aromatic N) is 10. The molecule has 76 heavy (non-hydrogen) atoms. The summed E-state index contributed by atoms with van der Waals surface area (Å²) in [4.78, 5) is 10.9. The van der Waals surface area contributed by atoms with Crippen LogP contribution in [0.3, 0.4) is 0 Å². The van der Waals surface area contributed by atoms with E-state index in [0.717, 1.165) is 53.9 Å². The SMILES string of the molecule is Cc1cc(N=Nc2ccc3c(S(=O)(=O)O)c(N=Nc4cnn(-c5cc(S(=O)(=O)O)c6cc([N+](=O)[O-])cc(S(=O)(=O)O)c6c5)c4O)ccc3c2O)c(OCCCS(=O)(=O)O)cc1N=Nc1nc2c(S(=O)(=O)O)cccc2s1. The van der Waals surface area contributed by atoms with Gasteiger partial charge in [0, 0.05) is 39.7 Å². The van der Waals surface area contributed by atoms with E-state index in [9.17, 15) is 85.2 Å². The fraction of sp³-hybridized carbons (Fsp3) is 0.100. The number of thiazole rings is 1. The van der Waals surface area contributed by atoms with E-state index in [1.54, 1.807) is 13.0 Å². The average Bonchev–Trinajstić information content (AvgIpc) is 3.92. The van der Waals surface area contributed by atoms with Crippen LogP contribution in [-0.4, -0.2) is 107 Å². The molecular weight excluding hydrogens is 1130 g/mol. The Morgan fingerprint density at radius 2 is 1.25 bits per heavy atom. The monoisotopic (exact) mass is 1160 g/mol. The van der Waals surface area contributed by atoms with Gasteiger partial charge in [0.05, 0.1) is 39.6 Å². The predicted molar refractivity (Wildman–Crippen MR) is 264 cm³/mol. The molecule has 0 saturated carbocycles. The second-order valence-electron chi connectivity index (χ2n) is 15.6. The maximum atomic E-state index is 12.9. The largest absolute Gasteiger partial charge is 0.505 e.